The van der Waals surface area contributed by atoms with Crippen molar-refractivity contribution in [2.75, 3.05) is 6.61 Å². The van der Waals surface area contributed by atoms with Crippen LogP contribution in [0.1, 0.15) is 258 Å². The molecule has 0 aromatic carbocycles. The molecule has 0 spiro atoms. The first kappa shape index (κ1) is 63.0. The van der Waals surface area contributed by atoms with Gasteiger partial charge in [0.05, 0.1) is 25.2 Å². The summed E-state index contributed by atoms with van der Waals surface area (Å²) in [4.78, 5) is 26.2. The molecule has 0 aliphatic rings. The monoisotopic (exact) mass is 920 g/mol. The fourth-order valence-corrected chi connectivity index (χ4v) is 8.10. The highest BCUT2D eigenvalue weighted by atomic mass is 16.5. The molecule has 0 heterocycles. The zero-order chi connectivity index (χ0) is 48.1. The molecule has 6 heteroatoms. The van der Waals surface area contributed by atoms with Gasteiger partial charge in [0.2, 0.25) is 5.91 Å². The van der Waals surface area contributed by atoms with Crippen molar-refractivity contribution in [2.45, 2.75) is 277 Å². The Hall–Kier alpha value is -2.96. The van der Waals surface area contributed by atoms with Crippen molar-refractivity contribution in [3.05, 3.63) is 85.1 Å². The van der Waals surface area contributed by atoms with Crippen LogP contribution in [0.3, 0.4) is 0 Å². The standard InChI is InChI=1S/C60H105NO5/c1-4-7-10-13-16-19-22-25-27-29-31-34-37-40-43-46-49-52-58(63)57(55-62)61-59(64)54-56(51-48-45-42-39-36-33-24-21-18-15-12-9-6-3)66-60(65)53-50-47-44-41-38-35-32-30-28-26-23-20-17-14-11-8-5-2/h9,12,15,17-18,20-21,24,26,28,32-33,35-36,56-58,62-63H,4-8,10-11,13-14,16,19,22-23,25,27,29-31,34,37-55H2,1-3H3,(H,61,64)/b12-9+,18-15+,20-17-,24-21+,28-26-,35-32-,36-33-. The van der Waals surface area contributed by atoms with Gasteiger partial charge >= 0.3 is 5.97 Å². The molecule has 0 saturated carbocycles. The summed E-state index contributed by atoms with van der Waals surface area (Å²) in [7, 11) is 0. The van der Waals surface area contributed by atoms with Gasteiger partial charge in [0.1, 0.15) is 6.10 Å². The Bertz CT molecular complexity index is 1260. The van der Waals surface area contributed by atoms with E-state index in [1.165, 1.54) is 116 Å². The van der Waals surface area contributed by atoms with Crippen LogP contribution in [-0.2, 0) is 14.3 Å². The van der Waals surface area contributed by atoms with Crippen molar-refractivity contribution in [1.82, 2.24) is 5.32 Å². The molecule has 380 valence electrons. The molecule has 0 fully saturated rings. The molecule has 66 heavy (non-hydrogen) atoms. The van der Waals surface area contributed by atoms with Crippen LogP contribution >= 0.6 is 0 Å². The number of rotatable bonds is 49. The van der Waals surface area contributed by atoms with Crippen molar-refractivity contribution >= 4 is 11.9 Å². The molecule has 3 unspecified atom stereocenters. The maximum Gasteiger partial charge on any atom is 0.306 e. The number of carbonyl (C=O) groups is 2. The number of nitrogens with one attached hydrogen (secondary N) is 1. The quantitative estimate of drug-likeness (QED) is 0.0245. The number of hydrogen-bond donors (Lipinski definition) is 3. The van der Waals surface area contributed by atoms with Gasteiger partial charge in [0.15, 0.2) is 0 Å². The summed E-state index contributed by atoms with van der Waals surface area (Å²) in [5.41, 5.74) is 0. The van der Waals surface area contributed by atoms with Crippen LogP contribution in [0, 0.1) is 0 Å². The minimum atomic E-state index is -0.808. The molecule has 0 aliphatic carbocycles. The smallest absolute Gasteiger partial charge is 0.306 e. The van der Waals surface area contributed by atoms with Crippen LogP contribution in [0.5, 0.6) is 0 Å². The van der Waals surface area contributed by atoms with Gasteiger partial charge in [-0.05, 0) is 83.5 Å². The fraction of sp³-hybridized carbons (Fsp3) is 0.733. The number of allylic oxidation sites excluding steroid dienone is 14. The average molecular weight is 921 g/mol. The Morgan fingerprint density at radius 3 is 1.42 bits per heavy atom. The minimum Gasteiger partial charge on any atom is -0.462 e. The molecule has 0 aliphatic heterocycles. The molecule has 0 aromatic heterocycles. The van der Waals surface area contributed by atoms with E-state index in [2.05, 4.69) is 86.8 Å². The molecule has 1 amide bonds. The average Bonchev–Trinajstić information content (AvgIpc) is 3.31. The molecule has 0 saturated heterocycles. The van der Waals surface area contributed by atoms with E-state index >= 15 is 0 Å². The molecule has 3 N–H and O–H groups in total. The number of unbranched alkanes of at least 4 members (excludes halogenated alkanes) is 26. The van der Waals surface area contributed by atoms with Gasteiger partial charge in [-0.15, -0.1) is 0 Å². The van der Waals surface area contributed by atoms with Crippen LogP contribution in [-0.4, -0.2) is 46.9 Å². The molecule has 6 nitrogen and oxygen atoms in total. The van der Waals surface area contributed by atoms with E-state index in [0.717, 1.165) is 96.3 Å². The molecule has 3 atom stereocenters. The maximum atomic E-state index is 13.2. The van der Waals surface area contributed by atoms with Gasteiger partial charge in [-0.3, -0.25) is 9.59 Å². The topological polar surface area (TPSA) is 95.9 Å². The van der Waals surface area contributed by atoms with Crippen molar-refractivity contribution in [3.8, 4) is 0 Å². The van der Waals surface area contributed by atoms with E-state index in [1.807, 2.05) is 24.3 Å². The number of esters is 1. The van der Waals surface area contributed by atoms with Gasteiger partial charge < -0.3 is 20.3 Å². The Balaban J connectivity index is 4.61. The normalized spacial score (nSPS) is 13.8. The Kier molecular flexibility index (Phi) is 50.6. The maximum absolute atomic E-state index is 13.2. The first-order chi connectivity index (χ1) is 32.5. The van der Waals surface area contributed by atoms with Gasteiger partial charge in [0, 0.05) is 6.42 Å². The summed E-state index contributed by atoms with van der Waals surface area (Å²) in [5.74, 6) is -0.540. The first-order valence-corrected chi connectivity index (χ1v) is 27.9. The van der Waals surface area contributed by atoms with E-state index in [0.29, 0.717) is 19.3 Å². The summed E-state index contributed by atoms with van der Waals surface area (Å²) < 4.78 is 5.92. The number of aliphatic hydroxyl groups excluding tert-OH is 2. The van der Waals surface area contributed by atoms with E-state index < -0.39 is 18.2 Å². The molecular formula is C60H105NO5. The van der Waals surface area contributed by atoms with Crippen LogP contribution in [0.2, 0.25) is 0 Å². The fourth-order valence-electron chi connectivity index (χ4n) is 8.10. The summed E-state index contributed by atoms with van der Waals surface area (Å²) in [6.07, 6.45) is 69.3. The first-order valence-electron chi connectivity index (χ1n) is 27.9. The third kappa shape index (κ3) is 47.5. The molecule has 0 bridgehead atoms. The second-order valence-electron chi connectivity index (χ2n) is 18.7. The zero-order valence-corrected chi connectivity index (χ0v) is 43.3. The van der Waals surface area contributed by atoms with Crippen molar-refractivity contribution in [2.24, 2.45) is 0 Å². The SMILES string of the molecule is CC/C=C/C=C/C=C/C=C\CCCCCC(CC(=O)NC(CO)C(O)CCCCCCCCCCCCCCCCCCC)OC(=O)CCCCCC/C=C\C/C=C\C/C=C\CCCCC. The highest BCUT2D eigenvalue weighted by Crippen LogP contribution is 2.18. The van der Waals surface area contributed by atoms with Gasteiger partial charge in [-0.25, -0.2) is 0 Å². The number of ether oxygens (including phenoxy) is 1. The van der Waals surface area contributed by atoms with Crippen LogP contribution in [0.15, 0.2) is 85.1 Å². The Morgan fingerprint density at radius 2 is 0.879 bits per heavy atom. The van der Waals surface area contributed by atoms with Gasteiger partial charge in [-0.1, -0.05) is 247 Å². The lowest BCUT2D eigenvalue weighted by Gasteiger charge is -2.24. The lowest BCUT2D eigenvalue weighted by molar-refractivity contribution is -0.151. The lowest BCUT2D eigenvalue weighted by Crippen LogP contribution is -2.46. The minimum absolute atomic E-state index is 0.0387. The van der Waals surface area contributed by atoms with Crippen molar-refractivity contribution in [3.63, 3.8) is 0 Å². The van der Waals surface area contributed by atoms with Gasteiger partial charge in [0.25, 0.3) is 0 Å². The highest BCUT2D eigenvalue weighted by Gasteiger charge is 2.24. The summed E-state index contributed by atoms with van der Waals surface area (Å²) in [6.45, 7) is 6.31. The van der Waals surface area contributed by atoms with Crippen LogP contribution in [0.25, 0.3) is 0 Å². The van der Waals surface area contributed by atoms with E-state index in [9.17, 15) is 19.8 Å². The molecular weight excluding hydrogens is 815 g/mol. The molecule has 0 aromatic rings. The van der Waals surface area contributed by atoms with Crippen LogP contribution < -0.4 is 5.32 Å². The summed E-state index contributed by atoms with van der Waals surface area (Å²) in [5, 5.41) is 23.8. The third-order valence-corrected chi connectivity index (χ3v) is 12.3. The number of amides is 1. The van der Waals surface area contributed by atoms with Crippen molar-refractivity contribution in [1.29, 1.82) is 0 Å². The summed E-state index contributed by atoms with van der Waals surface area (Å²) >= 11 is 0. The predicted octanol–water partition coefficient (Wildman–Crippen LogP) is 17.1. The van der Waals surface area contributed by atoms with E-state index in [-0.39, 0.29) is 24.9 Å². The second kappa shape index (κ2) is 53.0. The van der Waals surface area contributed by atoms with Gasteiger partial charge in [-0.2, -0.15) is 0 Å². The number of hydrogen-bond acceptors (Lipinski definition) is 5. The Morgan fingerprint density at radius 1 is 0.470 bits per heavy atom. The molecule has 0 radical (unpaired) electrons. The predicted molar refractivity (Wildman–Crippen MR) is 287 cm³/mol. The third-order valence-electron chi connectivity index (χ3n) is 12.3. The number of aliphatic hydroxyl groups is 2. The zero-order valence-electron chi connectivity index (χ0n) is 43.3. The summed E-state index contributed by atoms with van der Waals surface area (Å²) in [6, 6.07) is -0.724. The lowest BCUT2D eigenvalue weighted by atomic mass is 10.0. The Labute approximate surface area is 408 Å². The van der Waals surface area contributed by atoms with E-state index in [1.54, 1.807) is 0 Å². The highest BCUT2D eigenvalue weighted by molar-refractivity contribution is 5.77. The second-order valence-corrected chi connectivity index (χ2v) is 18.7. The van der Waals surface area contributed by atoms with Crippen LogP contribution in [0.4, 0.5) is 0 Å². The van der Waals surface area contributed by atoms with E-state index in [4.69, 9.17) is 4.74 Å². The van der Waals surface area contributed by atoms with Crippen molar-refractivity contribution < 1.29 is 24.5 Å². The number of carbonyl (C=O) groups excluding carboxylic acids is 2. The largest absolute Gasteiger partial charge is 0.462 e. The molecule has 0 rings (SSSR count).